The summed E-state index contributed by atoms with van der Waals surface area (Å²) in [7, 11) is 0. The first kappa shape index (κ1) is 20.0. The summed E-state index contributed by atoms with van der Waals surface area (Å²) < 4.78 is 0. The third-order valence-electron chi connectivity index (χ3n) is 3.89. The average Bonchev–Trinajstić information content (AvgIpc) is 3.28. The second kappa shape index (κ2) is 9.99. The zero-order chi connectivity index (χ0) is 18.9. The Balaban J connectivity index is 1.95. The van der Waals surface area contributed by atoms with E-state index in [9.17, 15) is 4.79 Å². The molecule has 2 heterocycles. The van der Waals surface area contributed by atoms with Gasteiger partial charge in [0.05, 0.1) is 9.75 Å². The summed E-state index contributed by atoms with van der Waals surface area (Å²) in [5.74, 6) is 0.0451. The Morgan fingerprint density at radius 3 is 1.73 bits per heavy atom. The summed E-state index contributed by atoms with van der Waals surface area (Å²) in [6, 6.07) is 7.57. The minimum Gasteiger partial charge on any atom is -0.287 e. The van der Waals surface area contributed by atoms with Crippen molar-refractivity contribution in [2.24, 2.45) is 10.2 Å². The van der Waals surface area contributed by atoms with Crippen molar-refractivity contribution in [1.82, 2.24) is 0 Å². The lowest BCUT2D eigenvalue weighted by atomic mass is 10.1. The van der Waals surface area contributed by atoms with Gasteiger partial charge in [-0.05, 0) is 61.0 Å². The molecule has 2 rings (SSSR count). The Bertz CT molecular complexity index is 777. The van der Waals surface area contributed by atoms with Crippen LogP contribution in [0.3, 0.4) is 0 Å². The van der Waals surface area contributed by atoms with Crippen molar-refractivity contribution in [2.45, 2.75) is 51.6 Å². The van der Waals surface area contributed by atoms with Crippen molar-refractivity contribution < 1.29 is 4.79 Å². The number of aryl methyl sites for hydroxylation is 2. The van der Waals surface area contributed by atoms with Gasteiger partial charge in [0.25, 0.3) is 0 Å². The molecule has 0 aromatic carbocycles. The van der Waals surface area contributed by atoms with Gasteiger partial charge in [-0.3, -0.25) is 4.79 Å². The monoisotopic (exact) mass is 388 g/mol. The number of nitrogens with zero attached hydrogens (tertiary/aromatic N) is 6. The van der Waals surface area contributed by atoms with Gasteiger partial charge >= 0.3 is 0 Å². The third-order valence-corrected chi connectivity index (χ3v) is 6.17. The molecule has 0 saturated carbocycles. The SMILES string of the molecule is CC(CCc1ccc(C(=O)c2ccc(CCC(C)N=[N+]=[N-])s2)s1)N=[N+]=[N-]. The van der Waals surface area contributed by atoms with E-state index in [1.807, 2.05) is 38.1 Å². The van der Waals surface area contributed by atoms with E-state index in [1.165, 1.54) is 22.7 Å². The van der Waals surface area contributed by atoms with Gasteiger partial charge in [-0.15, -0.1) is 22.7 Å². The molecular weight excluding hydrogens is 368 g/mol. The molecule has 2 aromatic rings. The first-order chi connectivity index (χ1) is 12.5. The van der Waals surface area contributed by atoms with Crippen LogP contribution in [-0.2, 0) is 12.8 Å². The fourth-order valence-electron chi connectivity index (χ4n) is 2.38. The van der Waals surface area contributed by atoms with E-state index in [4.69, 9.17) is 11.1 Å². The first-order valence-electron chi connectivity index (χ1n) is 8.34. The highest BCUT2D eigenvalue weighted by Gasteiger charge is 2.15. The van der Waals surface area contributed by atoms with E-state index in [0.29, 0.717) is 0 Å². The van der Waals surface area contributed by atoms with Gasteiger partial charge in [-0.2, -0.15) is 0 Å². The second-order valence-electron chi connectivity index (χ2n) is 6.05. The van der Waals surface area contributed by atoms with E-state index in [1.54, 1.807) is 0 Å². The molecule has 136 valence electrons. The van der Waals surface area contributed by atoms with Gasteiger partial charge < -0.3 is 0 Å². The highest BCUT2D eigenvalue weighted by Crippen LogP contribution is 2.26. The number of azide groups is 2. The van der Waals surface area contributed by atoms with Gasteiger partial charge in [0.1, 0.15) is 0 Å². The highest BCUT2D eigenvalue weighted by atomic mass is 32.1. The van der Waals surface area contributed by atoms with Crippen LogP contribution in [0.1, 0.15) is 51.0 Å². The van der Waals surface area contributed by atoms with Crippen LogP contribution >= 0.6 is 22.7 Å². The summed E-state index contributed by atoms with van der Waals surface area (Å²) in [4.78, 5) is 22.0. The molecule has 0 spiro atoms. The molecule has 26 heavy (non-hydrogen) atoms. The lowest BCUT2D eigenvalue weighted by Gasteiger charge is -2.01. The maximum atomic E-state index is 12.6. The number of carbonyl (C=O) groups is 1. The Kier molecular flexibility index (Phi) is 7.69. The van der Waals surface area contributed by atoms with Gasteiger partial charge in [0, 0.05) is 31.7 Å². The number of thiophene rings is 2. The van der Waals surface area contributed by atoms with Gasteiger partial charge in [-0.1, -0.05) is 24.1 Å². The van der Waals surface area contributed by atoms with Crippen LogP contribution < -0.4 is 0 Å². The van der Waals surface area contributed by atoms with Crippen molar-refractivity contribution in [2.75, 3.05) is 0 Å². The number of hydrogen-bond donors (Lipinski definition) is 0. The molecule has 2 atom stereocenters. The van der Waals surface area contributed by atoms with E-state index < -0.39 is 0 Å². The number of hydrogen-bond acceptors (Lipinski definition) is 5. The minimum atomic E-state index is -0.0473. The molecule has 0 fully saturated rings. The molecule has 7 nitrogen and oxygen atoms in total. The largest absolute Gasteiger partial charge is 0.287 e. The Morgan fingerprint density at radius 2 is 1.35 bits per heavy atom. The zero-order valence-electron chi connectivity index (χ0n) is 14.7. The first-order valence-corrected chi connectivity index (χ1v) is 9.97. The zero-order valence-corrected chi connectivity index (χ0v) is 16.3. The minimum absolute atomic E-state index is 0.0451. The summed E-state index contributed by atoms with van der Waals surface area (Å²) in [5, 5.41) is 7.33. The van der Waals surface area contributed by atoms with Crippen molar-refractivity contribution in [3.05, 3.63) is 64.7 Å². The van der Waals surface area contributed by atoms with E-state index in [0.717, 1.165) is 45.2 Å². The van der Waals surface area contributed by atoms with Crippen LogP contribution in [0.15, 0.2) is 34.5 Å². The van der Waals surface area contributed by atoms with Crippen LogP contribution in [0.25, 0.3) is 20.9 Å². The Hall–Kier alpha value is -2.31. The standard InChI is InChI=1S/C17H20N6OS2/c1-11(20-22-18)3-5-13-7-9-15(25-13)17(24)16-10-8-14(26-16)6-4-12(2)21-23-19/h7-12H,3-6H2,1-2H3. The summed E-state index contributed by atoms with van der Waals surface area (Å²) in [5.41, 5.74) is 16.9. The molecule has 0 aliphatic carbocycles. The molecule has 0 radical (unpaired) electrons. The average molecular weight is 389 g/mol. The van der Waals surface area contributed by atoms with Crippen molar-refractivity contribution in [3.8, 4) is 0 Å². The number of carbonyl (C=O) groups excluding carboxylic acids is 1. The summed E-state index contributed by atoms with van der Waals surface area (Å²) >= 11 is 2.99. The molecule has 0 amide bonds. The lowest BCUT2D eigenvalue weighted by Crippen LogP contribution is -1.98. The van der Waals surface area contributed by atoms with Gasteiger partial charge in [0.2, 0.25) is 5.78 Å². The molecule has 0 N–H and O–H groups in total. The Labute approximate surface area is 159 Å². The highest BCUT2D eigenvalue weighted by molar-refractivity contribution is 7.17. The lowest BCUT2D eigenvalue weighted by molar-refractivity contribution is 0.104. The fraction of sp³-hybridized carbons (Fsp3) is 0.471. The van der Waals surface area contributed by atoms with E-state index in [2.05, 4.69) is 20.1 Å². The quantitative estimate of drug-likeness (QED) is 0.202. The predicted molar refractivity (Wildman–Crippen MR) is 106 cm³/mol. The Morgan fingerprint density at radius 1 is 0.923 bits per heavy atom. The van der Waals surface area contributed by atoms with Gasteiger partial charge in [0.15, 0.2) is 0 Å². The smallest absolute Gasteiger partial charge is 0.212 e. The summed E-state index contributed by atoms with van der Waals surface area (Å²) in [6.07, 6.45) is 3.13. The van der Waals surface area contributed by atoms with Crippen LogP contribution in [0.4, 0.5) is 0 Å². The predicted octanol–water partition coefficient (Wildman–Crippen LogP) is 6.30. The molecule has 0 bridgehead atoms. The molecule has 2 unspecified atom stereocenters. The summed E-state index contributed by atoms with van der Waals surface area (Å²) in [6.45, 7) is 3.77. The molecule has 0 aliphatic heterocycles. The van der Waals surface area contributed by atoms with Crippen LogP contribution in [0.2, 0.25) is 0 Å². The second-order valence-corrected chi connectivity index (χ2v) is 8.38. The molecule has 9 heteroatoms. The molecule has 2 aromatic heterocycles. The van der Waals surface area contributed by atoms with Crippen molar-refractivity contribution >= 4 is 28.5 Å². The fourth-order valence-corrected chi connectivity index (χ4v) is 4.40. The van der Waals surface area contributed by atoms with Crippen LogP contribution in [0.5, 0.6) is 0 Å². The molecular formula is C17H20N6OS2. The van der Waals surface area contributed by atoms with E-state index in [-0.39, 0.29) is 17.9 Å². The van der Waals surface area contributed by atoms with Crippen molar-refractivity contribution in [1.29, 1.82) is 0 Å². The van der Waals surface area contributed by atoms with Crippen LogP contribution in [0, 0.1) is 0 Å². The van der Waals surface area contributed by atoms with Crippen molar-refractivity contribution in [3.63, 3.8) is 0 Å². The number of ketones is 1. The molecule has 0 aliphatic rings. The maximum Gasteiger partial charge on any atom is 0.212 e. The van der Waals surface area contributed by atoms with E-state index >= 15 is 0 Å². The third kappa shape index (κ3) is 5.89. The maximum absolute atomic E-state index is 12.6. The normalized spacial score (nSPS) is 12.7. The van der Waals surface area contributed by atoms with Crippen LogP contribution in [-0.4, -0.2) is 17.9 Å². The topological polar surface area (TPSA) is 115 Å². The molecule has 0 saturated heterocycles. The number of rotatable bonds is 10. The van der Waals surface area contributed by atoms with Gasteiger partial charge in [-0.25, -0.2) is 0 Å².